The molecule has 0 radical (unpaired) electrons. The van der Waals surface area contributed by atoms with Crippen molar-refractivity contribution in [2.75, 3.05) is 13.1 Å². The summed E-state index contributed by atoms with van der Waals surface area (Å²) < 4.78 is 0. The van der Waals surface area contributed by atoms with Crippen LogP contribution < -0.4 is 0 Å². The van der Waals surface area contributed by atoms with Gasteiger partial charge in [0.1, 0.15) is 0 Å². The summed E-state index contributed by atoms with van der Waals surface area (Å²) in [5.41, 5.74) is 3.99. The van der Waals surface area contributed by atoms with Gasteiger partial charge in [-0.3, -0.25) is 9.59 Å². The predicted octanol–water partition coefficient (Wildman–Crippen LogP) is 12.0. The van der Waals surface area contributed by atoms with Gasteiger partial charge in [-0.1, -0.05) is 121 Å². The summed E-state index contributed by atoms with van der Waals surface area (Å²) in [6.07, 6.45) is 8.72. The number of amides is 2. The van der Waals surface area contributed by atoms with Crippen LogP contribution in [0.5, 0.6) is 0 Å². The van der Waals surface area contributed by atoms with E-state index in [2.05, 4.69) is 106 Å². The molecule has 3 aromatic carbocycles. The minimum absolute atomic E-state index is 0.0154. The molecule has 50 heavy (non-hydrogen) atoms. The Kier molecular flexibility index (Phi) is 10.4. The molecule has 7 rings (SSSR count). The van der Waals surface area contributed by atoms with E-state index in [-0.39, 0.29) is 11.8 Å². The highest BCUT2D eigenvalue weighted by Crippen LogP contribution is 2.50. The molecule has 5 aromatic rings. The third-order valence-electron chi connectivity index (χ3n) is 10.8. The fourth-order valence-corrected chi connectivity index (χ4v) is 9.66. The van der Waals surface area contributed by atoms with E-state index in [0.717, 1.165) is 83.0 Å². The van der Waals surface area contributed by atoms with E-state index in [4.69, 9.17) is 0 Å². The number of carbonyl (C=O) groups excluding carboxylic acids is 2. The summed E-state index contributed by atoms with van der Waals surface area (Å²) in [5.74, 6) is 0.732. The highest BCUT2D eigenvalue weighted by molar-refractivity contribution is 7.16. The van der Waals surface area contributed by atoms with Gasteiger partial charge in [0.15, 0.2) is 0 Å². The van der Waals surface area contributed by atoms with Gasteiger partial charge in [-0.05, 0) is 81.4 Å². The Labute approximate surface area is 305 Å². The van der Waals surface area contributed by atoms with Gasteiger partial charge in [-0.2, -0.15) is 0 Å². The lowest BCUT2D eigenvalue weighted by Gasteiger charge is -2.29. The van der Waals surface area contributed by atoms with E-state index >= 15 is 0 Å². The van der Waals surface area contributed by atoms with E-state index in [1.54, 1.807) is 22.7 Å². The molecule has 2 aliphatic rings. The van der Waals surface area contributed by atoms with Crippen molar-refractivity contribution in [3.05, 3.63) is 105 Å². The maximum absolute atomic E-state index is 14.8. The molecule has 4 heterocycles. The molecule has 2 amide bonds. The van der Waals surface area contributed by atoms with Gasteiger partial charge in [-0.25, -0.2) is 0 Å². The molecule has 2 atom stereocenters. The minimum Gasteiger partial charge on any atom is -0.306 e. The lowest BCUT2D eigenvalue weighted by Crippen LogP contribution is -2.34. The first-order valence-corrected chi connectivity index (χ1v) is 20.3. The van der Waals surface area contributed by atoms with Crippen molar-refractivity contribution in [2.24, 2.45) is 11.8 Å². The van der Waals surface area contributed by atoms with Gasteiger partial charge in [-0.15, -0.1) is 22.7 Å². The molecule has 0 N–H and O–H groups in total. The number of hydrogen-bond acceptors (Lipinski definition) is 4. The van der Waals surface area contributed by atoms with Crippen molar-refractivity contribution < 1.29 is 9.59 Å². The maximum atomic E-state index is 14.8. The topological polar surface area (TPSA) is 40.6 Å². The summed E-state index contributed by atoms with van der Waals surface area (Å²) in [4.78, 5) is 36.7. The fraction of sp³-hybridized carbons (Fsp3) is 0.364. The number of unbranched alkanes of at least 4 members (excludes halogenated alkanes) is 2. The average Bonchev–Trinajstić information content (AvgIpc) is 3.95. The molecule has 2 aliphatic heterocycles. The van der Waals surface area contributed by atoms with Crippen LogP contribution in [0, 0.1) is 11.8 Å². The van der Waals surface area contributed by atoms with Crippen molar-refractivity contribution in [3.63, 3.8) is 0 Å². The summed E-state index contributed by atoms with van der Waals surface area (Å²) in [6, 6.07) is 28.1. The highest BCUT2D eigenvalue weighted by Gasteiger charge is 2.49. The van der Waals surface area contributed by atoms with Gasteiger partial charge in [0.25, 0.3) is 11.8 Å². The van der Waals surface area contributed by atoms with E-state index < -0.39 is 0 Å². The molecule has 0 bridgehead atoms. The molecule has 0 spiro atoms. The molecule has 4 nitrogen and oxygen atoms in total. The van der Waals surface area contributed by atoms with Gasteiger partial charge < -0.3 is 9.80 Å². The Morgan fingerprint density at radius 1 is 0.600 bits per heavy atom. The zero-order valence-electron chi connectivity index (χ0n) is 29.8. The number of fused-ring (bicyclic) bond motifs is 4. The van der Waals surface area contributed by atoms with Gasteiger partial charge in [0.2, 0.25) is 0 Å². The molecule has 2 aromatic heterocycles. The van der Waals surface area contributed by atoms with Crippen molar-refractivity contribution in [1.29, 1.82) is 0 Å². The number of nitrogens with zero attached hydrogens (tertiary/aromatic N) is 2. The molecule has 0 saturated heterocycles. The van der Waals surface area contributed by atoms with E-state index in [9.17, 15) is 9.59 Å². The summed E-state index contributed by atoms with van der Waals surface area (Å²) in [5, 5.41) is 7.00. The van der Waals surface area contributed by atoms with Crippen LogP contribution >= 0.6 is 22.7 Å². The standard InChI is InChI=1S/C44H48N2O2S2/c1-5-9-14-29(7-3)27-45-41(37-18-13-25-49-37)39-40(44(45)48)42(46(43(39)47)28-30(8-4)15-10-6-2)38-24-23-36(50-38)33-21-22-35-32(26-33)20-19-31-16-11-12-17-34(31)35/h11-13,16-26,29-30H,5-10,14-15,27-28H2,1-4H3. The second kappa shape index (κ2) is 15.1. The molecule has 0 aliphatic carbocycles. The quantitative estimate of drug-likeness (QED) is 0.102. The zero-order chi connectivity index (χ0) is 34.8. The first kappa shape index (κ1) is 34.4. The zero-order valence-corrected chi connectivity index (χ0v) is 31.5. The largest absolute Gasteiger partial charge is 0.306 e. The van der Waals surface area contributed by atoms with Crippen LogP contribution in [0.15, 0.2) is 95.4 Å². The van der Waals surface area contributed by atoms with Crippen LogP contribution in [-0.2, 0) is 9.59 Å². The number of hydrogen-bond donors (Lipinski definition) is 0. The summed E-state index contributed by atoms with van der Waals surface area (Å²) >= 11 is 3.31. The Balaban J connectivity index is 1.34. The molecular weight excluding hydrogens is 653 g/mol. The average molecular weight is 701 g/mol. The van der Waals surface area contributed by atoms with Crippen LogP contribution in [0.2, 0.25) is 0 Å². The molecule has 6 heteroatoms. The molecule has 2 unspecified atom stereocenters. The Bertz CT molecular complexity index is 2090. The lowest BCUT2D eigenvalue weighted by molar-refractivity contribution is -0.124. The molecule has 258 valence electrons. The first-order valence-electron chi connectivity index (χ1n) is 18.7. The summed E-state index contributed by atoms with van der Waals surface area (Å²) in [6.45, 7) is 10.2. The smallest absolute Gasteiger partial charge is 0.261 e. The van der Waals surface area contributed by atoms with Crippen molar-refractivity contribution in [3.8, 4) is 10.4 Å². The molecule has 0 saturated carbocycles. The Morgan fingerprint density at radius 2 is 1.20 bits per heavy atom. The third kappa shape index (κ3) is 6.37. The normalized spacial score (nSPS) is 16.1. The van der Waals surface area contributed by atoms with Crippen molar-refractivity contribution >= 4 is 67.4 Å². The second-order valence-corrected chi connectivity index (χ2v) is 16.0. The van der Waals surface area contributed by atoms with Crippen molar-refractivity contribution in [1.82, 2.24) is 9.80 Å². The lowest BCUT2D eigenvalue weighted by atomic mass is 9.98. The number of carbonyl (C=O) groups is 2. The number of benzene rings is 3. The highest BCUT2D eigenvalue weighted by atomic mass is 32.1. The second-order valence-electron chi connectivity index (χ2n) is 14.0. The molecular formula is C44H48N2O2S2. The Hall–Kier alpha value is -4.00. The van der Waals surface area contributed by atoms with Gasteiger partial charge in [0, 0.05) is 18.0 Å². The predicted molar refractivity (Wildman–Crippen MR) is 213 cm³/mol. The first-order chi connectivity index (χ1) is 24.5. The van der Waals surface area contributed by atoms with Crippen LogP contribution in [0.3, 0.4) is 0 Å². The van der Waals surface area contributed by atoms with Crippen LogP contribution in [0.4, 0.5) is 0 Å². The van der Waals surface area contributed by atoms with Crippen LogP contribution in [-0.4, -0.2) is 34.7 Å². The monoisotopic (exact) mass is 700 g/mol. The van der Waals surface area contributed by atoms with Crippen LogP contribution in [0.1, 0.15) is 88.8 Å². The van der Waals surface area contributed by atoms with E-state index in [0.29, 0.717) is 36.1 Å². The SMILES string of the molecule is CCCCC(CC)CN1C(=O)C2=C(c3ccc(-c4ccc5c(ccc6ccccc65)c4)s3)N(CC(CC)CCCC)C(=O)C2=C1c1cccs1. The van der Waals surface area contributed by atoms with Gasteiger partial charge in [0.05, 0.1) is 32.3 Å². The van der Waals surface area contributed by atoms with E-state index in [1.165, 1.54) is 21.5 Å². The van der Waals surface area contributed by atoms with Crippen molar-refractivity contribution in [2.45, 2.75) is 79.1 Å². The number of rotatable bonds is 15. The summed E-state index contributed by atoms with van der Waals surface area (Å²) in [7, 11) is 0. The Morgan fingerprint density at radius 3 is 1.82 bits per heavy atom. The molecule has 0 fully saturated rings. The van der Waals surface area contributed by atoms with Crippen LogP contribution in [0.25, 0.3) is 43.4 Å². The fourth-order valence-electron chi connectivity index (χ4n) is 7.81. The minimum atomic E-state index is -0.0154. The van der Waals surface area contributed by atoms with E-state index in [1.807, 2.05) is 15.9 Å². The maximum Gasteiger partial charge on any atom is 0.261 e. The number of thiophene rings is 2. The third-order valence-corrected chi connectivity index (χ3v) is 12.8. The van der Waals surface area contributed by atoms with Gasteiger partial charge >= 0.3 is 0 Å².